The van der Waals surface area contributed by atoms with E-state index in [0.29, 0.717) is 5.02 Å². The van der Waals surface area contributed by atoms with E-state index in [4.69, 9.17) is 28.2 Å². The van der Waals surface area contributed by atoms with Crippen LogP contribution in [0.25, 0.3) is 10.9 Å². The molecule has 2 aromatic rings. The first-order valence-electron chi connectivity index (χ1n) is 6.61. The molecule has 0 saturated heterocycles. The fourth-order valence-corrected chi connectivity index (χ4v) is 3.46. The van der Waals surface area contributed by atoms with E-state index in [9.17, 15) is 0 Å². The summed E-state index contributed by atoms with van der Waals surface area (Å²) in [5.74, 6) is 0. The third-order valence-corrected chi connectivity index (χ3v) is 4.63. The fourth-order valence-electron chi connectivity index (χ4n) is 2.92. The van der Waals surface area contributed by atoms with Gasteiger partial charge in [-0.3, -0.25) is 4.98 Å². The Kier molecular flexibility index (Phi) is 3.32. The van der Waals surface area contributed by atoms with E-state index < -0.39 is 0 Å². The van der Waals surface area contributed by atoms with Crippen molar-refractivity contribution in [3.05, 3.63) is 32.9 Å². The van der Waals surface area contributed by atoms with Gasteiger partial charge in [0.1, 0.15) is 0 Å². The number of aryl methyl sites for hydroxylation is 2. The molecule has 3 rings (SSSR count). The first-order chi connectivity index (χ1) is 9.13. The van der Waals surface area contributed by atoms with Crippen molar-refractivity contribution in [3.8, 4) is 0 Å². The molecule has 1 aromatic carbocycles. The third-order valence-electron chi connectivity index (χ3n) is 3.86. The summed E-state index contributed by atoms with van der Waals surface area (Å²) in [4.78, 5) is 4.77. The maximum Gasteiger partial charge on any atom is 0.0927 e. The lowest BCUT2D eigenvalue weighted by atomic mass is 9.92. The second kappa shape index (κ2) is 4.84. The van der Waals surface area contributed by atoms with Gasteiger partial charge in [-0.2, -0.15) is 0 Å². The van der Waals surface area contributed by atoms with Gasteiger partial charge in [0.05, 0.1) is 15.6 Å². The standard InChI is InChI=1S/C15H16Cl2N2/c1-8-7-10(16)15-12(13(8)17)14(18-2)9-5-3-4-6-11(9)19-15/h7H,3-6H2,1-2H3,(H,18,19). The monoisotopic (exact) mass is 294 g/mol. The quantitative estimate of drug-likeness (QED) is 0.819. The molecule has 1 N–H and O–H groups in total. The van der Waals surface area contributed by atoms with Crippen LogP contribution in [0.3, 0.4) is 0 Å². The molecule has 100 valence electrons. The molecule has 0 unspecified atom stereocenters. The lowest BCUT2D eigenvalue weighted by Crippen LogP contribution is -2.10. The number of anilines is 1. The normalized spacial score (nSPS) is 14.5. The zero-order chi connectivity index (χ0) is 13.6. The number of benzene rings is 1. The first kappa shape index (κ1) is 13.0. The van der Waals surface area contributed by atoms with Crippen molar-refractivity contribution in [3.63, 3.8) is 0 Å². The molecule has 4 heteroatoms. The number of fused-ring (bicyclic) bond motifs is 2. The summed E-state index contributed by atoms with van der Waals surface area (Å²) in [6.45, 7) is 1.98. The van der Waals surface area contributed by atoms with E-state index in [1.807, 2.05) is 20.0 Å². The van der Waals surface area contributed by atoms with E-state index in [-0.39, 0.29) is 0 Å². The molecule has 0 spiro atoms. The molecule has 2 nitrogen and oxygen atoms in total. The van der Waals surface area contributed by atoms with Crippen molar-refractivity contribution < 1.29 is 0 Å². The molecule has 0 aliphatic heterocycles. The van der Waals surface area contributed by atoms with E-state index in [1.54, 1.807) is 0 Å². The highest BCUT2D eigenvalue weighted by molar-refractivity contribution is 6.41. The molecule has 0 fully saturated rings. The molecule has 1 aromatic heterocycles. The van der Waals surface area contributed by atoms with Crippen LogP contribution >= 0.6 is 23.2 Å². The molecular formula is C15H16Cl2N2. The molecule has 0 amide bonds. The van der Waals surface area contributed by atoms with Gasteiger partial charge in [0, 0.05) is 23.8 Å². The van der Waals surface area contributed by atoms with Gasteiger partial charge in [-0.1, -0.05) is 23.2 Å². The van der Waals surface area contributed by atoms with Crippen molar-refractivity contribution in [2.45, 2.75) is 32.6 Å². The molecule has 1 aliphatic rings. The highest BCUT2D eigenvalue weighted by Gasteiger charge is 2.21. The summed E-state index contributed by atoms with van der Waals surface area (Å²) in [5.41, 5.74) is 5.40. The maximum absolute atomic E-state index is 6.49. The second-order valence-electron chi connectivity index (χ2n) is 5.08. The highest BCUT2D eigenvalue weighted by atomic mass is 35.5. The number of nitrogens with one attached hydrogen (secondary N) is 1. The zero-order valence-corrected chi connectivity index (χ0v) is 12.6. The van der Waals surface area contributed by atoms with Gasteiger partial charge < -0.3 is 5.32 Å². The van der Waals surface area contributed by atoms with Crippen molar-refractivity contribution in [1.29, 1.82) is 0 Å². The van der Waals surface area contributed by atoms with Gasteiger partial charge in [-0.15, -0.1) is 0 Å². The van der Waals surface area contributed by atoms with Crippen molar-refractivity contribution in [2.24, 2.45) is 0 Å². The molecule has 1 aliphatic carbocycles. The smallest absolute Gasteiger partial charge is 0.0927 e. The summed E-state index contributed by atoms with van der Waals surface area (Å²) >= 11 is 12.8. The minimum atomic E-state index is 0.682. The van der Waals surface area contributed by atoms with E-state index in [0.717, 1.165) is 40.0 Å². The van der Waals surface area contributed by atoms with Gasteiger partial charge >= 0.3 is 0 Å². The van der Waals surface area contributed by atoms with Crippen LogP contribution in [0.1, 0.15) is 29.7 Å². The number of aromatic nitrogens is 1. The van der Waals surface area contributed by atoms with Gasteiger partial charge in [-0.05, 0) is 49.8 Å². The summed E-state index contributed by atoms with van der Waals surface area (Å²) < 4.78 is 0. The van der Waals surface area contributed by atoms with Gasteiger partial charge in [0.25, 0.3) is 0 Å². The summed E-state index contributed by atoms with van der Waals surface area (Å²) in [5, 5.41) is 5.71. The molecule has 0 atom stereocenters. The first-order valence-corrected chi connectivity index (χ1v) is 7.37. The summed E-state index contributed by atoms with van der Waals surface area (Å²) in [6.07, 6.45) is 4.51. The molecular weight excluding hydrogens is 279 g/mol. The van der Waals surface area contributed by atoms with Crippen LogP contribution in [0.5, 0.6) is 0 Å². The number of pyridine rings is 1. The fraction of sp³-hybridized carbons (Fsp3) is 0.400. The Hall–Kier alpha value is -0.990. The third kappa shape index (κ3) is 1.98. The Balaban J connectivity index is 2.47. The molecule has 0 radical (unpaired) electrons. The zero-order valence-electron chi connectivity index (χ0n) is 11.1. The Morgan fingerprint density at radius 3 is 2.68 bits per heavy atom. The van der Waals surface area contributed by atoms with Crippen LogP contribution in [0, 0.1) is 6.92 Å². The van der Waals surface area contributed by atoms with Crippen LogP contribution in [-0.4, -0.2) is 12.0 Å². The predicted octanol–water partition coefficient (Wildman–Crippen LogP) is 4.77. The predicted molar refractivity (Wildman–Crippen MR) is 82.7 cm³/mol. The van der Waals surface area contributed by atoms with Crippen molar-refractivity contribution in [2.75, 3.05) is 12.4 Å². The van der Waals surface area contributed by atoms with Crippen LogP contribution in [0.2, 0.25) is 10.0 Å². The van der Waals surface area contributed by atoms with Crippen molar-refractivity contribution >= 4 is 39.8 Å². The topological polar surface area (TPSA) is 24.9 Å². The van der Waals surface area contributed by atoms with E-state index >= 15 is 0 Å². The minimum absolute atomic E-state index is 0.682. The Morgan fingerprint density at radius 1 is 1.21 bits per heavy atom. The molecule has 0 saturated carbocycles. The van der Waals surface area contributed by atoms with Gasteiger partial charge in [0.15, 0.2) is 0 Å². The molecule has 1 heterocycles. The maximum atomic E-state index is 6.49. The summed E-state index contributed by atoms with van der Waals surface area (Å²) in [6, 6.07) is 1.90. The number of nitrogens with zero attached hydrogens (tertiary/aromatic N) is 1. The average Bonchev–Trinajstić information content (AvgIpc) is 2.42. The van der Waals surface area contributed by atoms with E-state index in [2.05, 4.69) is 5.32 Å². The van der Waals surface area contributed by atoms with Crippen LogP contribution in [0.15, 0.2) is 6.07 Å². The van der Waals surface area contributed by atoms with Gasteiger partial charge in [0.2, 0.25) is 0 Å². The SMILES string of the molecule is CNc1c2c(nc3c(Cl)cc(C)c(Cl)c13)CCCC2. The number of halogens is 2. The highest BCUT2D eigenvalue weighted by Crippen LogP contribution is 2.40. The molecule has 19 heavy (non-hydrogen) atoms. The Labute approximate surface area is 123 Å². The minimum Gasteiger partial charge on any atom is -0.387 e. The average molecular weight is 295 g/mol. The Bertz CT molecular complexity index is 665. The number of hydrogen-bond donors (Lipinski definition) is 1. The summed E-state index contributed by atoms with van der Waals surface area (Å²) in [7, 11) is 1.94. The van der Waals surface area contributed by atoms with Gasteiger partial charge in [-0.25, -0.2) is 0 Å². The molecule has 0 bridgehead atoms. The number of hydrogen-bond acceptors (Lipinski definition) is 2. The Morgan fingerprint density at radius 2 is 1.95 bits per heavy atom. The largest absolute Gasteiger partial charge is 0.387 e. The van der Waals surface area contributed by atoms with Crippen LogP contribution in [0.4, 0.5) is 5.69 Å². The van der Waals surface area contributed by atoms with Crippen LogP contribution < -0.4 is 5.32 Å². The van der Waals surface area contributed by atoms with Crippen molar-refractivity contribution in [1.82, 2.24) is 4.98 Å². The van der Waals surface area contributed by atoms with E-state index in [1.165, 1.54) is 24.1 Å². The lowest BCUT2D eigenvalue weighted by Gasteiger charge is -2.22. The lowest BCUT2D eigenvalue weighted by molar-refractivity contribution is 0.672. The second-order valence-corrected chi connectivity index (χ2v) is 5.87. The van der Waals surface area contributed by atoms with Crippen LogP contribution in [-0.2, 0) is 12.8 Å². The number of rotatable bonds is 1.